The highest BCUT2D eigenvalue weighted by atomic mass is 19.1. The Hall–Kier alpha value is -2.41. The van der Waals surface area contributed by atoms with Gasteiger partial charge in [-0.2, -0.15) is 5.10 Å². The molecule has 0 saturated carbocycles. The molecule has 0 aliphatic heterocycles. The van der Waals surface area contributed by atoms with Gasteiger partial charge in [0.25, 0.3) is 5.91 Å². The van der Waals surface area contributed by atoms with Crippen molar-refractivity contribution in [3.05, 3.63) is 47.0 Å². The Balaban J connectivity index is 2.02. The van der Waals surface area contributed by atoms with Crippen LogP contribution in [0.3, 0.4) is 0 Å². The van der Waals surface area contributed by atoms with Crippen LogP contribution in [-0.2, 0) is 24.8 Å². The standard InChI is InChI=1S/C17H22FN3O3/c1-4-13-10-14(21(2)20-13)17(22)19-11-12-6-5-7-15(16(12)18)24-9-8-23-3/h5-7,10H,4,8-9,11H2,1-3H3,(H,19,22). The Bertz CT molecular complexity index is 700. The lowest BCUT2D eigenvalue weighted by Gasteiger charge is -2.11. The highest BCUT2D eigenvalue weighted by molar-refractivity contribution is 5.92. The van der Waals surface area contributed by atoms with E-state index in [0.29, 0.717) is 17.9 Å². The summed E-state index contributed by atoms with van der Waals surface area (Å²) in [6, 6.07) is 6.58. The summed E-state index contributed by atoms with van der Waals surface area (Å²) < 4.78 is 26.1. The molecule has 1 aromatic carbocycles. The smallest absolute Gasteiger partial charge is 0.269 e. The zero-order valence-electron chi connectivity index (χ0n) is 14.1. The third-order valence-electron chi connectivity index (χ3n) is 3.55. The van der Waals surface area contributed by atoms with Crippen LogP contribution in [0.1, 0.15) is 28.7 Å². The number of amides is 1. The Kier molecular flexibility index (Phi) is 6.31. The molecule has 1 aromatic heterocycles. The van der Waals surface area contributed by atoms with Crippen molar-refractivity contribution in [1.29, 1.82) is 0 Å². The summed E-state index contributed by atoms with van der Waals surface area (Å²) in [4.78, 5) is 12.2. The molecule has 0 aliphatic rings. The van der Waals surface area contributed by atoms with Gasteiger partial charge in [-0.1, -0.05) is 19.1 Å². The third-order valence-corrected chi connectivity index (χ3v) is 3.55. The topological polar surface area (TPSA) is 65.4 Å². The molecule has 2 aromatic rings. The number of nitrogens with one attached hydrogen (secondary N) is 1. The summed E-state index contributed by atoms with van der Waals surface area (Å²) in [6.45, 7) is 2.67. The molecule has 0 aliphatic carbocycles. The fourth-order valence-electron chi connectivity index (χ4n) is 2.22. The number of hydrogen-bond donors (Lipinski definition) is 1. The zero-order chi connectivity index (χ0) is 17.5. The third kappa shape index (κ3) is 4.32. The van der Waals surface area contributed by atoms with Gasteiger partial charge >= 0.3 is 0 Å². The van der Waals surface area contributed by atoms with E-state index in [1.165, 1.54) is 4.68 Å². The van der Waals surface area contributed by atoms with E-state index in [9.17, 15) is 9.18 Å². The molecule has 0 unspecified atom stereocenters. The second-order valence-electron chi connectivity index (χ2n) is 5.25. The second-order valence-corrected chi connectivity index (χ2v) is 5.25. The highest BCUT2D eigenvalue weighted by Crippen LogP contribution is 2.20. The Morgan fingerprint density at radius 3 is 2.83 bits per heavy atom. The van der Waals surface area contributed by atoms with Gasteiger partial charge in [0.05, 0.1) is 12.3 Å². The van der Waals surface area contributed by atoms with Gasteiger partial charge in [0.15, 0.2) is 11.6 Å². The van der Waals surface area contributed by atoms with E-state index < -0.39 is 5.82 Å². The molecular weight excluding hydrogens is 313 g/mol. The first kappa shape index (κ1) is 17.9. The Morgan fingerprint density at radius 1 is 1.38 bits per heavy atom. The molecule has 1 heterocycles. The van der Waals surface area contributed by atoms with E-state index in [2.05, 4.69) is 10.4 Å². The lowest BCUT2D eigenvalue weighted by molar-refractivity contribution is 0.0941. The SMILES string of the molecule is CCc1cc(C(=O)NCc2cccc(OCCOC)c2F)n(C)n1. The van der Waals surface area contributed by atoms with Crippen molar-refractivity contribution >= 4 is 5.91 Å². The molecule has 0 spiro atoms. The van der Waals surface area contributed by atoms with Crippen LogP contribution in [0, 0.1) is 5.82 Å². The van der Waals surface area contributed by atoms with Crippen LogP contribution in [0.4, 0.5) is 4.39 Å². The van der Waals surface area contributed by atoms with Crippen molar-refractivity contribution < 1.29 is 18.7 Å². The Morgan fingerprint density at radius 2 is 2.17 bits per heavy atom. The predicted octanol–water partition coefficient (Wildman–Crippen LogP) is 2.08. The van der Waals surface area contributed by atoms with E-state index in [-0.39, 0.29) is 24.8 Å². The van der Waals surface area contributed by atoms with Gasteiger partial charge in [-0.15, -0.1) is 0 Å². The summed E-state index contributed by atoms with van der Waals surface area (Å²) in [5, 5.41) is 6.94. The van der Waals surface area contributed by atoms with E-state index >= 15 is 0 Å². The number of carbonyl (C=O) groups excluding carboxylic acids is 1. The van der Waals surface area contributed by atoms with Crippen LogP contribution in [0.15, 0.2) is 24.3 Å². The molecule has 2 rings (SSSR count). The predicted molar refractivity (Wildman–Crippen MR) is 87.5 cm³/mol. The summed E-state index contributed by atoms with van der Waals surface area (Å²) >= 11 is 0. The molecule has 0 fully saturated rings. The highest BCUT2D eigenvalue weighted by Gasteiger charge is 2.14. The molecule has 0 radical (unpaired) electrons. The van der Waals surface area contributed by atoms with Crippen molar-refractivity contribution in [3.8, 4) is 5.75 Å². The van der Waals surface area contributed by atoms with E-state index in [0.717, 1.165) is 12.1 Å². The lowest BCUT2D eigenvalue weighted by atomic mass is 10.2. The van der Waals surface area contributed by atoms with Crippen LogP contribution in [-0.4, -0.2) is 36.0 Å². The molecule has 1 amide bonds. The number of carbonyl (C=O) groups is 1. The van der Waals surface area contributed by atoms with Crippen LogP contribution in [0.2, 0.25) is 0 Å². The Labute approximate surface area is 140 Å². The number of nitrogens with zero attached hydrogens (tertiary/aromatic N) is 2. The molecule has 6 nitrogen and oxygen atoms in total. The van der Waals surface area contributed by atoms with Crippen LogP contribution >= 0.6 is 0 Å². The summed E-state index contributed by atoms with van der Waals surface area (Å²) in [7, 11) is 3.26. The van der Waals surface area contributed by atoms with Crippen molar-refractivity contribution in [1.82, 2.24) is 15.1 Å². The van der Waals surface area contributed by atoms with Gasteiger partial charge in [0.1, 0.15) is 12.3 Å². The van der Waals surface area contributed by atoms with Crippen molar-refractivity contribution in [3.63, 3.8) is 0 Å². The molecule has 0 bridgehead atoms. The second kappa shape index (κ2) is 8.44. The fraction of sp³-hybridized carbons (Fsp3) is 0.412. The maximum atomic E-state index is 14.4. The zero-order valence-corrected chi connectivity index (χ0v) is 14.1. The molecule has 1 N–H and O–H groups in total. The summed E-state index contributed by atoms with van der Waals surface area (Å²) in [5.74, 6) is -0.629. The van der Waals surface area contributed by atoms with Gasteiger partial charge in [0, 0.05) is 26.3 Å². The normalized spacial score (nSPS) is 10.7. The van der Waals surface area contributed by atoms with Crippen molar-refractivity contribution in [2.45, 2.75) is 19.9 Å². The maximum Gasteiger partial charge on any atom is 0.269 e. The van der Waals surface area contributed by atoms with Gasteiger partial charge in [-0.3, -0.25) is 9.48 Å². The largest absolute Gasteiger partial charge is 0.488 e. The summed E-state index contributed by atoms with van der Waals surface area (Å²) in [5.41, 5.74) is 1.64. The molecule has 7 heteroatoms. The first-order valence-electron chi connectivity index (χ1n) is 7.77. The van der Waals surface area contributed by atoms with Crippen molar-refractivity contribution in [2.24, 2.45) is 7.05 Å². The lowest BCUT2D eigenvalue weighted by Crippen LogP contribution is -2.25. The number of halogens is 1. The first-order valence-corrected chi connectivity index (χ1v) is 7.77. The van der Waals surface area contributed by atoms with E-state index in [1.54, 1.807) is 38.4 Å². The van der Waals surface area contributed by atoms with Gasteiger partial charge in [-0.25, -0.2) is 4.39 Å². The molecule has 0 saturated heterocycles. The van der Waals surface area contributed by atoms with E-state index in [1.807, 2.05) is 6.92 Å². The summed E-state index contributed by atoms with van der Waals surface area (Å²) in [6.07, 6.45) is 0.747. The average molecular weight is 335 g/mol. The minimum atomic E-state index is -0.479. The van der Waals surface area contributed by atoms with Crippen LogP contribution in [0.25, 0.3) is 0 Å². The molecule has 0 atom stereocenters. The molecule has 24 heavy (non-hydrogen) atoms. The monoisotopic (exact) mass is 335 g/mol. The number of methoxy groups -OCH3 is 1. The number of hydrogen-bond acceptors (Lipinski definition) is 4. The average Bonchev–Trinajstić information content (AvgIpc) is 2.96. The maximum absolute atomic E-state index is 14.4. The van der Waals surface area contributed by atoms with Gasteiger partial charge in [0.2, 0.25) is 0 Å². The number of benzene rings is 1. The van der Waals surface area contributed by atoms with E-state index in [4.69, 9.17) is 9.47 Å². The molecular formula is C17H22FN3O3. The van der Waals surface area contributed by atoms with Crippen LogP contribution in [0.5, 0.6) is 5.75 Å². The number of aromatic nitrogens is 2. The minimum absolute atomic E-state index is 0.0682. The number of rotatable bonds is 8. The van der Waals surface area contributed by atoms with Crippen molar-refractivity contribution in [2.75, 3.05) is 20.3 Å². The van der Waals surface area contributed by atoms with Crippen LogP contribution < -0.4 is 10.1 Å². The fourth-order valence-corrected chi connectivity index (χ4v) is 2.22. The number of ether oxygens (including phenoxy) is 2. The quantitative estimate of drug-likeness (QED) is 0.750. The minimum Gasteiger partial charge on any atom is -0.488 e. The van der Waals surface area contributed by atoms with Gasteiger partial charge < -0.3 is 14.8 Å². The first-order chi connectivity index (χ1) is 11.6. The number of aryl methyl sites for hydroxylation is 2. The van der Waals surface area contributed by atoms with Gasteiger partial charge in [-0.05, 0) is 18.6 Å². The molecule has 130 valence electrons.